The SMILES string of the molecule is Cc1ccc(C(=O)Nc2cccc(SCC(=O)Nc3ccccc3Cl)c2)cc1. The Balaban J connectivity index is 1.57. The normalized spacial score (nSPS) is 10.4. The fraction of sp³-hybridized carbons (Fsp3) is 0.0909. The van der Waals surface area contributed by atoms with Crippen molar-refractivity contribution in [1.29, 1.82) is 0 Å². The number of carbonyl (C=O) groups excluding carboxylic acids is 2. The van der Waals surface area contributed by atoms with E-state index in [1.54, 1.807) is 24.3 Å². The molecule has 3 rings (SSSR count). The van der Waals surface area contributed by atoms with Gasteiger partial charge in [-0.25, -0.2) is 0 Å². The molecule has 0 spiro atoms. The van der Waals surface area contributed by atoms with E-state index in [-0.39, 0.29) is 17.6 Å². The van der Waals surface area contributed by atoms with Gasteiger partial charge in [-0.3, -0.25) is 9.59 Å². The molecule has 0 fully saturated rings. The molecule has 2 amide bonds. The Kier molecular flexibility index (Phi) is 6.74. The lowest BCUT2D eigenvalue weighted by Crippen LogP contribution is -2.14. The fourth-order valence-corrected chi connectivity index (χ4v) is 3.41. The molecule has 0 aliphatic carbocycles. The minimum Gasteiger partial charge on any atom is -0.324 e. The number of nitrogens with one attached hydrogen (secondary N) is 2. The van der Waals surface area contributed by atoms with Crippen LogP contribution in [0.15, 0.2) is 77.7 Å². The van der Waals surface area contributed by atoms with Crippen LogP contribution in [0.2, 0.25) is 5.02 Å². The van der Waals surface area contributed by atoms with E-state index in [9.17, 15) is 9.59 Å². The second-order valence-corrected chi connectivity index (χ2v) is 7.62. The minimum absolute atomic E-state index is 0.146. The van der Waals surface area contributed by atoms with Gasteiger partial charge in [0.2, 0.25) is 5.91 Å². The predicted molar refractivity (Wildman–Crippen MR) is 116 cm³/mol. The maximum absolute atomic E-state index is 12.3. The molecule has 0 heterocycles. The maximum atomic E-state index is 12.3. The summed E-state index contributed by atoms with van der Waals surface area (Å²) in [6.07, 6.45) is 0. The highest BCUT2D eigenvalue weighted by molar-refractivity contribution is 8.00. The molecule has 0 aliphatic rings. The smallest absolute Gasteiger partial charge is 0.255 e. The molecule has 0 unspecified atom stereocenters. The third-order valence-electron chi connectivity index (χ3n) is 3.92. The molecule has 28 heavy (non-hydrogen) atoms. The molecule has 3 aromatic rings. The van der Waals surface area contributed by atoms with Crippen LogP contribution in [-0.4, -0.2) is 17.6 Å². The van der Waals surface area contributed by atoms with E-state index in [0.717, 1.165) is 10.5 Å². The van der Waals surface area contributed by atoms with Gasteiger partial charge in [0.1, 0.15) is 0 Å². The zero-order valence-electron chi connectivity index (χ0n) is 15.2. The number of amides is 2. The number of halogens is 1. The van der Waals surface area contributed by atoms with Crippen molar-refractivity contribution < 1.29 is 9.59 Å². The van der Waals surface area contributed by atoms with E-state index < -0.39 is 0 Å². The summed E-state index contributed by atoms with van der Waals surface area (Å²) in [5, 5.41) is 6.18. The van der Waals surface area contributed by atoms with E-state index in [4.69, 9.17) is 11.6 Å². The van der Waals surface area contributed by atoms with Gasteiger partial charge in [0, 0.05) is 16.1 Å². The number of hydrogen-bond acceptors (Lipinski definition) is 3. The molecule has 4 nitrogen and oxygen atoms in total. The van der Waals surface area contributed by atoms with Crippen molar-refractivity contribution in [3.05, 3.63) is 88.9 Å². The first-order valence-corrected chi connectivity index (χ1v) is 10.0. The van der Waals surface area contributed by atoms with Crippen LogP contribution in [0.25, 0.3) is 0 Å². The highest BCUT2D eigenvalue weighted by atomic mass is 35.5. The molecule has 0 aliphatic heterocycles. The van der Waals surface area contributed by atoms with Crippen molar-refractivity contribution in [3.8, 4) is 0 Å². The molecule has 0 saturated carbocycles. The summed E-state index contributed by atoms with van der Waals surface area (Å²) in [7, 11) is 0. The number of thioether (sulfide) groups is 1. The van der Waals surface area contributed by atoms with E-state index in [1.807, 2.05) is 55.5 Å². The third-order valence-corrected chi connectivity index (χ3v) is 5.25. The highest BCUT2D eigenvalue weighted by Crippen LogP contribution is 2.24. The first-order chi connectivity index (χ1) is 13.5. The summed E-state index contributed by atoms with van der Waals surface area (Å²) in [6, 6.07) is 21.9. The number of aryl methyl sites for hydroxylation is 1. The highest BCUT2D eigenvalue weighted by Gasteiger charge is 2.08. The maximum Gasteiger partial charge on any atom is 0.255 e. The van der Waals surface area contributed by atoms with E-state index in [1.165, 1.54) is 11.8 Å². The zero-order valence-corrected chi connectivity index (χ0v) is 16.8. The van der Waals surface area contributed by atoms with Gasteiger partial charge >= 0.3 is 0 Å². The average molecular weight is 411 g/mol. The van der Waals surface area contributed by atoms with Crippen LogP contribution in [0, 0.1) is 6.92 Å². The van der Waals surface area contributed by atoms with Gasteiger partial charge in [0.05, 0.1) is 16.5 Å². The van der Waals surface area contributed by atoms with E-state index >= 15 is 0 Å². The second kappa shape index (κ2) is 9.44. The Hall–Kier alpha value is -2.76. The first-order valence-electron chi connectivity index (χ1n) is 8.66. The van der Waals surface area contributed by atoms with Crippen molar-refractivity contribution in [1.82, 2.24) is 0 Å². The number of hydrogen-bond donors (Lipinski definition) is 2. The number of carbonyl (C=O) groups is 2. The summed E-state index contributed by atoms with van der Waals surface area (Å²) < 4.78 is 0. The molecule has 0 aromatic heterocycles. The van der Waals surface area contributed by atoms with E-state index in [0.29, 0.717) is 22.0 Å². The number of benzene rings is 3. The van der Waals surface area contributed by atoms with Gasteiger partial charge in [-0.1, -0.05) is 47.5 Å². The third kappa shape index (κ3) is 5.62. The first kappa shape index (κ1) is 20.0. The van der Waals surface area contributed by atoms with Gasteiger partial charge in [0.15, 0.2) is 0 Å². The zero-order chi connectivity index (χ0) is 19.9. The molecule has 3 aromatic carbocycles. The fourth-order valence-electron chi connectivity index (χ4n) is 2.47. The summed E-state index contributed by atoms with van der Waals surface area (Å²) >= 11 is 7.44. The Morgan fingerprint density at radius 3 is 2.43 bits per heavy atom. The summed E-state index contributed by atoms with van der Waals surface area (Å²) in [5.41, 5.74) is 2.98. The number of anilines is 2. The lowest BCUT2D eigenvalue weighted by molar-refractivity contribution is -0.113. The molecule has 0 atom stereocenters. The molecule has 6 heteroatoms. The van der Waals surface area contributed by atoms with Crippen LogP contribution in [0.3, 0.4) is 0 Å². The molecule has 2 N–H and O–H groups in total. The van der Waals surface area contributed by atoms with Crippen LogP contribution in [0.5, 0.6) is 0 Å². The van der Waals surface area contributed by atoms with Gasteiger partial charge in [0.25, 0.3) is 5.91 Å². The van der Waals surface area contributed by atoms with Gasteiger partial charge in [-0.2, -0.15) is 0 Å². The van der Waals surface area contributed by atoms with Gasteiger partial charge in [-0.05, 0) is 49.4 Å². The molecule has 0 bridgehead atoms. The average Bonchev–Trinajstić information content (AvgIpc) is 2.69. The van der Waals surface area contributed by atoms with Crippen LogP contribution < -0.4 is 10.6 Å². The Morgan fingerprint density at radius 1 is 0.929 bits per heavy atom. The molecule has 0 radical (unpaired) electrons. The lowest BCUT2D eigenvalue weighted by Gasteiger charge is -2.09. The van der Waals surface area contributed by atoms with Crippen molar-refractivity contribution >= 4 is 46.6 Å². The van der Waals surface area contributed by atoms with Crippen LogP contribution in [-0.2, 0) is 4.79 Å². The predicted octanol–water partition coefficient (Wildman–Crippen LogP) is 5.63. The lowest BCUT2D eigenvalue weighted by atomic mass is 10.1. The van der Waals surface area contributed by atoms with Crippen LogP contribution in [0.4, 0.5) is 11.4 Å². The molecule has 0 saturated heterocycles. The van der Waals surface area contributed by atoms with Crippen molar-refractivity contribution in [2.45, 2.75) is 11.8 Å². The Labute approximate surface area is 173 Å². The van der Waals surface area contributed by atoms with Gasteiger partial charge in [-0.15, -0.1) is 11.8 Å². The Bertz CT molecular complexity index is 990. The quantitative estimate of drug-likeness (QED) is 0.517. The molecule has 142 valence electrons. The molecular formula is C22H19ClN2O2S. The Morgan fingerprint density at radius 2 is 1.68 bits per heavy atom. The minimum atomic E-state index is -0.168. The topological polar surface area (TPSA) is 58.2 Å². The largest absolute Gasteiger partial charge is 0.324 e. The summed E-state index contributed by atoms with van der Waals surface area (Å²) in [6.45, 7) is 1.98. The second-order valence-electron chi connectivity index (χ2n) is 6.16. The van der Waals surface area contributed by atoms with Gasteiger partial charge < -0.3 is 10.6 Å². The molecular weight excluding hydrogens is 392 g/mol. The number of rotatable bonds is 6. The van der Waals surface area contributed by atoms with Crippen molar-refractivity contribution in [2.24, 2.45) is 0 Å². The number of para-hydroxylation sites is 1. The monoisotopic (exact) mass is 410 g/mol. The van der Waals surface area contributed by atoms with Crippen LogP contribution >= 0.6 is 23.4 Å². The summed E-state index contributed by atoms with van der Waals surface area (Å²) in [5.74, 6) is -0.0774. The summed E-state index contributed by atoms with van der Waals surface area (Å²) in [4.78, 5) is 25.4. The standard InChI is InChI=1S/C22H19ClN2O2S/c1-15-9-11-16(12-10-15)22(27)24-17-5-4-6-18(13-17)28-14-21(26)25-20-8-3-2-7-19(20)23/h2-13H,14H2,1H3,(H,24,27)(H,25,26). The van der Waals surface area contributed by atoms with Crippen LogP contribution in [0.1, 0.15) is 15.9 Å². The van der Waals surface area contributed by atoms with E-state index in [2.05, 4.69) is 10.6 Å². The van der Waals surface area contributed by atoms with Crippen molar-refractivity contribution in [3.63, 3.8) is 0 Å². The van der Waals surface area contributed by atoms with Crippen molar-refractivity contribution in [2.75, 3.05) is 16.4 Å².